The summed E-state index contributed by atoms with van der Waals surface area (Å²) in [7, 11) is 0. The van der Waals surface area contributed by atoms with E-state index in [1.807, 2.05) is 0 Å². The molecule has 0 amide bonds. The van der Waals surface area contributed by atoms with Crippen molar-refractivity contribution in [2.75, 3.05) is 36.0 Å². The van der Waals surface area contributed by atoms with Crippen LogP contribution in [0, 0.1) is 0 Å². The Morgan fingerprint density at radius 2 is 1.67 bits per heavy atom. The Bertz CT molecular complexity index is 818. The maximum Gasteiger partial charge on any atom is 0.200 e. The lowest BCUT2D eigenvalue weighted by Crippen LogP contribution is -2.46. The van der Waals surface area contributed by atoms with Gasteiger partial charge in [0.15, 0.2) is 0 Å². The van der Waals surface area contributed by atoms with Crippen molar-refractivity contribution in [3.05, 3.63) is 48.4 Å². The Kier molecular flexibility index (Phi) is 3.80. The van der Waals surface area contributed by atoms with Crippen LogP contribution in [0.25, 0.3) is 5.65 Å². The fourth-order valence-electron chi connectivity index (χ4n) is 3.19. The molecule has 24 heavy (non-hydrogen) atoms. The quantitative estimate of drug-likeness (QED) is 0.742. The standard InChI is InChI=1S/C18H22N6/c1-14(2)16-12-17(18-20-19-13-24(18)21-16)23-10-8-22(9-11-23)15-6-4-3-5-7-15/h3-7,12-14H,8-11H2,1-2H3. The minimum atomic E-state index is 0.376. The highest BCUT2D eigenvalue weighted by molar-refractivity contribution is 5.69. The molecule has 0 spiro atoms. The summed E-state index contributed by atoms with van der Waals surface area (Å²) < 4.78 is 1.80. The maximum atomic E-state index is 4.61. The van der Waals surface area contributed by atoms with E-state index in [0.717, 1.165) is 43.2 Å². The largest absolute Gasteiger partial charge is 0.368 e. The number of piperazine rings is 1. The van der Waals surface area contributed by atoms with Crippen LogP contribution in [0.5, 0.6) is 0 Å². The summed E-state index contributed by atoms with van der Waals surface area (Å²) in [6, 6.07) is 12.8. The molecule has 3 heterocycles. The molecular weight excluding hydrogens is 300 g/mol. The van der Waals surface area contributed by atoms with Crippen molar-refractivity contribution in [2.24, 2.45) is 0 Å². The van der Waals surface area contributed by atoms with E-state index in [-0.39, 0.29) is 0 Å². The Hall–Kier alpha value is -2.63. The summed E-state index contributed by atoms with van der Waals surface area (Å²) in [6.45, 7) is 8.27. The van der Waals surface area contributed by atoms with Gasteiger partial charge in [0.05, 0.1) is 11.4 Å². The second-order valence-corrected chi connectivity index (χ2v) is 6.52. The molecule has 1 aromatic carbocycles. The number of rotatable bonds is 3. The molecule has 2 aromatic heterocycles. The number of fused-ring (bicyclic) bond motifs is 1. The molecule has 0 N–H and O–H groups in total. The van der Waals surface area contributed by atoms with Gasteiger partial charge in [-0.2, -0.15) is 9.61 Å². The minimum absolute atomic E-state index is 0.376. The van der Waals surface area contributed by atoms with E-state index < -0.39 is 0 Å². The van der Waals surface area contributed by atoms with Gasteiger partial charge >= 0.3 is 0 Å². The lowest BCUT2D eigenvalue weighted by atomic mass is 10.1. The third kappa shape index (κ3) is 2.68. The lowest BCUT2D eigenvalue weighted by molar-refractivity contribution is 0.650. The van der Waals surface area contributed by atoms with Crippen LogP contribution in [-0.2, 0) is 0 Å². The van der Waals surface area contributed by atoms with Gasteiger partial charge in [0, 0.05) is 31.9 Å². The summed E-state index contributed by atoms with van der Waals surface area (Å²) in [6.07, 6.45) is 1.69. The highest BCUT2D eigenvalue weighted by Crippen LogP contribution is 2.26. The topological polar surface area (TPSA) is 49.6 Å². The number of hydrogen-bond donors (Lipinski definition) is 0. The van der Waals surface area contributed by atoms with Crippen LogP contribution in [0.15, 0.2) is 42.7 Å². The Balaban J connectivity index is 1.59. The first-order valence-corrected chi connectivity index (χ1v) is 8.48. The highest BCUT2D eigenvalue weighted by atomic mass is 15.4. The third-order valence-corrected chi connectivity index (χ3v) is 4.60. The highest BCUT2D eigenvalue weighted by Gasteiger charge is 2.21. The van der Waals surface area contributed by atoms with E-state index in [4.69, 9.17) is 0 Å². The van der Waals surface area contributed by atoms with Crippen LogP contribution in [0.3, 0.4) is 0 Å². The molecule has 0 saturated carbocycles. The van der Waals surface area contributed by atoms with Crippen LogP contribution in [0.1, 0.15) is 25.5 Å². The number of anilines is 2. The van der Waals surface area contributed by atoms with Crippen molar-refractivity contribution in [3.63, 3.8) is 0 Å². The Labute approximate surface area is 141 Å². The van der Waals surface area contributed by atoms with E-state index in [1.54, 1.807) is 10.8 Å². The normalized spacial score (nSPS) is 15.5. The Morgan fingerprint density at radius 3 is 2.38 bits per heavy atom. The van der Waals surface area contributed by atoms with Crippen LogP contribution < -0.4 is 9.80 Å². The summed E-state index contributed by atoms with van der Waals surface area (Å²) >= 11 is 0. The summed E-state index contributed by atoms with van der Waals surface area (Å²) in [5, 5.41) is 12.9. The first-order valence-electron chi connectivity index (χ1n) is 8.48. The predicted octanol–water partition coefficient (Wildman–Crippen LogP) is 2.57. The summed E-state index contributed by atoms with van der Waals surface area (Å²) in [5.74, 6) is 0.376. The zero-order valence-corrected chi connectivity index (χ0v) is 14.1. The van der Waals surface area contributed by atoms with Gasteiger partial charge in [-0.15, -0.1) is 10.2 Å². The maximum absolute atomic E-state index is 4.61. The molecule has 6 nitrogen and oxygen atoms in total. The molecule has 1 aliphatic rings. The molecule has 3 aromatic rings. The molecule has 1 saturated heterocycles. The molecule has 0 atom stereocenters. The van der Waals surface area contributed by atoms with Crippen LogP contribution in [0.2, 0.25) is 0 Å². The van der Waals surface area contributed by atoms with Gasteiger partial charge in [-0.1, -0.05) is 32.0 Å². The predicted molar refractivity (Wildman–Crippen MR) is 95.7 cm³/mol. The van der Waals surface area contributed by atoms with E-state index >= 15 is 0 Å². The van der Waals surface area contributed by atoms with E-state index in [0.29, 0.717) is 5.92 Å². The van der Waals surface area contributed by atoms with Crippen molar-refractivity contribution in [1.82, 2.24) is 19.8 Å². The molecule has 1 fully saturated rings. The molecule has 0 radical (unpaired) electrons. The number of benzene rings is 1. The molecule has 6 heteroatoms. The smallest absolute Gasteiger partial charge is 0.200 e. The lowest BCUT2D eigenvalue weighted by Gasteiger charge is -2.37. The first-order chi connectivity index (χ1) is 11.7. The zero-order valence-electron chi connectivity index (χ0n) is 14.1. The van der Waals surface area contributed by atoms with Crippen molar-refractivity contribution in [1.29, 1.82) is 0 Å². The SMILES string of the molecule is CC(C)c1cc(N2CCN(c3ccccc3)CC2)c2nncn2n1. The van der Waals surface area contributed by atoms with E-state index in [1.165, 1.54) is 5.69 Å². The van der Waals surface area contributed by atoms with Crippen molar-refractivity contribution in [2.45, 2.75) is 19.8 Å². The van der Waals surface area contributed by atoms with Gasteiger partial charge in [0.1, 0.15) is 6.33 Å². The molecule has 0 bridgehead atoms. The summed E-state index contributed by atoms with van der Waals surface area (Å²) in [4.78, 5) is 4.83. The van der Waals surface area contributed by atoms with E-state index in [9.17, 15) is 0 Å². The fraction of sp³-hybridized carbons (Fsp3) is 0.389. The van der Waals surface area contributed by atoms with Gasteiger partial charge in [0.25, 0.3) is 0 Å². The molecule has 1 aliphatic heterocycles. The number of para-hydroxylation sites is 1. The molecule has 0 unspecified atom stereocenters. The van der Waals surface area contributed by atoms with Crippen LogP contribution in [0.4, 0.5) is 11.4 Å². The second-order valence-electron chi connectivity index (χ2n) is 6.52. The Morgan fingerprint density at radius 1 is 0.958 bits per heavy atom. The van der Waals surface area contributed by atoms with Gasteiger partial charge in [-0.25, -0.2) is 0 Å². The van der Waals surface area contributed by atoms with Crippen molar-refractivity contribution >= 4 is 17.0 Å². The second kappa shape index (κ2) is 6.11. The van der Waals surface area contributed by atoms with Gasteiger partial charge < -0.3 is 9.80 Å². The van der Waals surface area contributed by atoms with E-state index in [2.05, 4.69) is 75.3 Å². The molecule has 4 rings (SSSR count). The van der Waals surface area contributed by atoms with Gasteiger partial charge in [-0.3, -0.25) is 0 Å². The molecular formula is C18H22N6. The fourth-order valence-corrected chi connectivity index (χ4v) is 3.19. The van der Waals surface area contributed by atoms with Crippen LogP contribution in [-0.4, -0.2) is 46.0 Å². The van der Waals surface area contributed by atoms with Crippen molar-refractivity contribution < 1.29 is 0 Å². The summed E-state index contributed by atoms with van der Waals surface area (Å²) in [5.41, 5.74) is 4.34. The van der Waals surface area contributed by atoms with Gasteiger partial charge in [-0.05, 0) is 24.1 Å². The number of hydrogen-bond acceptors (Lipinski definition) is 5. The van der Waals surface area contributed by atoms with Gasteiger partial charge in [0.2, 0.25) is 5.65 Å². The molecule has 0 aliphatic carbocycles. The number of aromatic nitrogens is 4. The molecule has 124 valence electrons. The average Bonchev–Trinajstić information content (AvgIpc) is 3.10. The number of nitrogens with zero attached hydrogens (tertiary/aromatic N) is 6. The van der Waals surface area contributed by atoms with Crippen molar-refractivity contribution in [3.8, 4) is 0 Å². The first kappa shape index (κ1) is 14.9. The minimum Gasteiger partial charge on any atom is -0.368 e. The zero-order chi connectivity index (χ0) is 16.5. The monoisotopic (exact) mass is 322 g/mol. The van der Waals surface area contributed by atoms with Crippen LogP contribution >= 0.6 is 0 Å². The third-order valence-electron chi connectivity index (χ3n) is 4.60. The average molecular weight is 322 g/mol.